The Morgan fingerprint density at radius 1 is 1.04 bits per heavy atom. The van der Waals surface area contributed by atoms with Crippen molar-refractivity contribution < 1.29 is 9.84 Å². The molecule has 0 amide bonds. The molecule has 1 atom stereocenters. The third-order valence-corrected chi connectivity index (χ3v) is 4.03. The zero-order valence-corrected chi connectivity index (χ0v) is 15.3. The van der Waals surface area contributed by atoms with Gasteiger partial charge < -0.3 is 9.84 Å². The Balaban J connectivity index is 2.43. The summed E-state index contributed by atoms with van der Waals surface area (Å²) < 4.78 is 5.50. The first-order valence-corrected chi connectivity index (χ1v) is 8.58. The van der Waals surface area contributed by atoms with Crippen LogP contribution in [0.4, 0.5) is 0 Å². The molecule has 0 saturated carbocycles. The van der Waals surface area contributed by atoms with Gasteiger partial charge in [-0.25, -0.2) is 9.97 Å². The van der Waals surface area contributed by atoms with E-state index in [-0.39, 0.29) is 12.5 Å². The lowest BCUT2D eigenvalue weighted by Gasteiger charge is -2.15. The smallest absolute Gasteiger partial charge is 0.213 e. The van der Waals surface area contributed by atoms with Crippen molar-refractivity contribution in [1.29, 1.82) is 0 Å². The zero-order valence-electron chi connectivity index (χ0n) is 15.3. The Labute approximate surface area is 144 Å². The third-order valence-electron chi connectivity index (χ3n) is 4.03. The number of hydrogen-bond acceptors (Lipinski definition) is 5. The molecule has 0 radical (unpaired) electrons. The lowest BCUT2D eigenvalue weighted by atomic mass is 10.0. The first-order chi connectivity index (χ1) is 11.5. The Hall–Kier alpha value is -2.01. The topological polar surface area (TPSA) is 68.1 Å². The number of aromatic nitrogens is 3. The molecule has 24 heavy (non-hydrogen) atoms. The van der Waals surface area contributed by atoms with Crippen LogP contribution in [0.1, 0.15) is 43.5 Å². The Kier molecular flexibility index (Phi) is 6.26. The summed E-state index contributed by atoms with van der Waals surface area (Å²) in [6, 6.07) is 3.90. The number of aryl methyl sites for hydroxylation is 3. The number of hydrogen-bond donors (Lipinski definition) is 1. The minimum absolute atomic E-state index is 0.157. The lowest BCUT2D eigenvalue weighted by molar-refractivity contribution is 0.236. The largest absolute Gasteiger partial charge is 0.478 e. The number of rotatable bonds is 7. The molecule has 0 aromatic carbocycles. The monoisotopic (exact) mass is 329 g/mol. The van der Waals surface area contributed by atoms with Crippen LogP contribution < -0.4 is 4.74 Å². The van der Waals surface area contributed by atoms with Crippen molar-refractivity contribution in [3.63, 3.8) is 0 Å². The third kappa shape index (κ3) is 4.09. The normalized spacial score (nSPS) is 12.2. The van der Waals surface area contributed by atoms with Gasteiger partial charge in [0.05, 0.1) is 35.1 Å². The van der Waals surface area contributed by atoms with Gasteiger partial charge in [0.15, 0.2) is 0 Å². The summed E-state index contributed by atoms with van der Waals surface area (Å²) in [5.41, 5.74) is 5.60. The Bertz CT molecular complexity index is 701. The van der Waals surface area contributed by atoms with E-state index >= 15 is 0 Å². The van der Waals surface area contributed by atoms with Crippen LogP contribution in [0.5, 0.6) is 5.88 Å². The van der Waals surface area contributed by atoms with E-state index in [9.17, 15) is 5.11 Å². The van der Waals surface area contributed by atoms with E-state index in [0.29, 0.717) is 12.5 Å². The van der Waals surface area contributed by atoms with Gasteiger partial charge in [-0.2, -0.15) is 0 Å². The molecule has 1 N–H and O–H groups in total. The molecule has 0 aliphatic heterocycles. The second kappa shape index (κ2) is 8.20. The van der Waals surface area contributed by atoms with Gasteiger partial charge in [-0.3, -0.25) is 4.98 Å². The van der Waals surface area contributed by atoms with Crippen molar-refractivity contribution in [2.45, 2.75) is 47.5 Å². The van der Waals surface area contributed by atoms with Crippen molar-refractivity contribution in [3.05, 3.63) is 34.9 Å². The summed E-state index contributed by atoms with van der Waals surface area (Å²) >= 11 is 0. The van der Waals surface area contributed by atoms with Gasteiger partial charge in [-0.1, -0.05) is 13.8 Å². The summed E-state index contributed by atoms with van der Waals surface area (Å²) in [5.74, 6) is 0.829. The Morgan fingerprint density at radius 3 is 2.42 bits per heavy atom. The minimum atomic E-state index is 0.157. The van der Waals surface area contributed by atoms with Gasteiger partial charge in [-0.05, 0) is 45.6 Å². The van der Waals surface area contributed by atoms with Gasteiger partial charge in [0.2, 0.25) is 5.88 Å². The van der Waals surface area contributed by atoms with Crippen LogP contribution in [0.3, 0.4) is 0 Å². The summed E-state index contributed by atoms with van der Waals surface area (Å²) in [4.78, 5) is 14.1. The molecule has 0 bridgehead atoms. The highest BCUT2D eigenvalue weighted by molar-refractivity contribution is 5.65. The molecule has 5 nitrogen and oxygen atoms in total. The summed E-state index contributed by atoms with van der Waals surface area (Å²) in [5, 5.41) is 9.26. The van der Waals surface area contributed by atoms with Crippen molar-refractivity contribution in [2.75, 3.05) is 13.2 Å². The molecule has 5 heteroatoms. The van der Waals surface area contributed by atoms with Crippen molar-refractivity contribution in [3.8, 4) is 17.1 Å². The fourth-order valence-electron chi connectivity index (χ4n) is 2.69. The highest BCUT2D eigenvalue weighted by atomic mass is 16.5. The highest BCUT2D eigenvalue weighted by Crippen LogP contribution is 2.27. The molecule has 130 valence electrons. The first kappa shape index (κ1) is 18.3. The maximum Gasteiger partial charge on any atom is 0.213 e. The number of aliphatic hydroxyl groups excluding tert-OH is 1. The maximum absolute atomic E-state index is 9.26. The van der Waals surface area contributed by atoms with Crippen LogP contribution in [0.2, 0.25) is 0 Å². The molecule has 2 rings (SSSR count). The van der Waals surface area contributed by atoms with Gasteiger partial charge in [-0.15, -0.1) is 0 Å². The zero-order chi connectivity index (χ0) is 17.7. The molecule has 0 saturated heterocycles. The van der Waals surface area contributed by atoms with E-state index in [1.165, 1.54) is 0 Å². The molecule has 2 aromatic heterocycles. The maximum atomic E-state index is 9.26. The number of aliphatic hydroxyl groups is 1. The molecule has 0 unspecified atom stereocenters. The summed E-state index contributed by atoms with van der Waals surface area (Å²) in [7, 11) is 0. The predicted molar refractivity (Wildman–Crippen MR) is 95.2 cm³/mol. The molecule has 2 heterocycles. The predicted octanol–water partition coefficient (Wildman–Crippen LogP) is 3.29. The van der Waals surface area contributed by atoms with E-state index in [2.05, 4.69) is 11.9 Å². The SMILES string of the molecule is CCOc1ccc(-c2nc(C)c(C[C@@H](C)CO)nc2C)c(CC)n1. The molecular formula is C19H27N3O2. The average molecular weight is 329 g/mol. The highest BCUT2D eigenvalue weighted by Gasteiger charge is 2.15. The van der Waals surface area contributed by atoms with E-state index < -0.39 is 0 Å². The van der Waals surface area contributed by atoms with Gasteiger partial charge in [0.1, 0.15) is 0 Å². The van der Waals surface area contributed by atoms with Crippen LogP contribution >= 0.6 is 0 Å². The van der Waals surface area contributed by atoms with Crippen LogP contribution in [0.25, 0.3) is 11.3 Å². The number of nitrogens with zero attached hydrogens (tertiary/aromatic N) is 3. The van der Waals surface area contributed by atoms with Crippen LogP contribution in [0.15, 0.2) is 12.1 Å². The average Bonchev–Trinajstić information content (AvgIpc) is 2.58. The van der Waals surface area contributed by atoms with Crippen molar-refractivity contribution >= 4 is 0 Å². The van der Waals surface area contributed by atoms with Crippen molar-refractivity contribution in [1.82, 2.24) is 15.0 Å². The molecule has 0 aliphatic carbocycles. The van der Waals surface area contributed by atoms with Gasteiger partial charge in [0.25, 0.3) is 0 Å². The van der Waals surface area contributed by atoms with Gasteiger partial charge in [0, 0.05) is 18.2 Å². The lowest BCUT2D eigenvalue weighted by Crippen LogP contribution is -2.11. The first-order valence-electron chi connectivity index (χ1n) is 8.58. The molecule has 0 spiro atoms. The fraction of sp³-hybridized carbons (Fsp3) is 0.526. The van der Waals surface area contributed by atoms with Crippen LogP contribution in [-0.4, -0.2) is 33.3 Å². The Morgan fingerprint density at radius 2 is 1.79 bits per heavy atom. The molecule has 0 fully saturated rings. The van der Waals surface area contributed by atoms with E-state index in [0.717, 1.165) is 46.9 Å². The number of pyridine rings is 1. The minimum Gasteiger partial charge on any atom is -0.478 e. The molecule has 2 aromatic rings. The van der Waals surface area contributed by atoms with Crippen LogP contribution in [-0.2, 0) is 12.8 Å². The summed E-state index contributed by atoms with van der Waals surface area (Å²) in [6.07, 6.45) is 1.54. The molecule has 0 aliphatic rings. The molecular weight excluding hydrogens is 302 g/mol. The standard InChI is InChI=1S/C19H27N3O2/c1-6-16-15(8-9-18(22-16)24-7-2)19-14(5)20-17(13(4)21-19)10-12(3)11-23/h8-9,12,23H,6-7,10-11H2,1-5H3/t12-/m1/s1. The van der Waals surface area contributed by atoms with Gasteiger partial charge >= 0.3 is 0 Å². The second-order valence-electron chi connectivity index (χ2n) is 6.11. The quantitative estimate of drug-likeness (QED) is 0.844. The van der Waals surface area contributed by atoms with E-state index in [1.54, 1.807) is 0 Å². The fourth-order valence-corrected chi connectivity index (χ4v) is 2.69. The van der Waals surface area contributed by atoms with Crippen LogP contribution in [0, 0.1) is 19.8 Å². The second-order valence-corrected chi connectivity index (χ2v) is 6.11. The summed E-state index contributed by atoms with van der Waals surface area (Å²) in [6.45, 7) is 10.8. The van der Waals surface area contributed by atoms with E-state index in [4.69, 9.17) is 14.7 Å². The van der Waals surface area contributed by atoms with Crippen molar-refractivity contribution in [2.24, 2.45) is 5.92 Å². The van der Waals surface area contributed by atoms with E-state index in [1.807, 2.05) is 39.8 Å². The number of ether oxygens (including phenoxy) is 1.